The minimum atomic E-state index is -0.0510. The first kappa shape index (κ1) is 19.9. The van der Waals surface area contributed by atoms with E-state index < -0.39 is 0 Å². The maximum absolute atomic E-state index is 13.0. The van der Waals surface area contributed by atoms with Gasteiger partial charge >= 0.3 is 0 Å². The van der Waals surface area contributed by atoms with E-state index in [0.717, 1.165) is 18.7 Å². The molecule has 3 aromatic carbocycles. The topological polar surface area (TPSA) is 40.6 Å². The summed E-state index contributed by atoms with van der Waals surface area (Å²) in [6, 6.07) is 24.4. The second-order valence-electron chi connectivity index (χ2n) is 7.76. The van der Waals surface area contributed by atoms with Crippen molar-refractivity contribution in [2.45, 2.75) is 19.4 Å². The third kappa shape index (κ3) is 4.28. The van der Waals surface area contributed by atoms with Crippen LogP contribution in [0.2, 0.25) is 0 Å². The summed E-state index contributed by atoms with van der Waals surface area (Å²) in [7, 11) is 1.83. The molecule has 4 rings (SSSR count). The van der Waals surface area contributed by atoms with E-state index in [1.807, 2.05) is 31.3 Å². The van der Waals surface area contributed by atoms with Gasteiger partial charge in [0.1, 0.15) is 0 Å². The van der Waals surface area contributed by atoms with E-state index in [-0.39, 0.29) is 11.7 Å². The average Bonchev–Trinajstić information content (AvgIpc) is 3.34. The van der Waals surface area contributed by atoms with Crippen molar-refractivity contribution >= 4 is 17.4 Å². The number of hydrogen-bond donors (Lipinski definition) is 0. The van der Waals surface area contributed by atoms with Crippen LogP contribution in [0, 0.1) is 0 Å². The molecule has 152 valence electrons. The fourth-order valence-corrected chi connectivity index (χ4v) is 3.98. The van der Waals surface area contributed by atoms with E-state index in [1.165, 1.54) is 18.5 Å². The summed E-state index contributed by atoms with van der Waals surface area (Å²) in [6.45, 7) is 2.70. The zero-order valence-electron chi connectivity index (χ0n) is 17.3. The van der Waals surface area contributed by atoms with Gasteiger partial charge in [-0.25, -0.2) is 0 Å². The fourth-order valence-electron chi connectivity index (χ4n) is 3.98. The highest BCUT2D eigenvalue weighted by Crippen LogP contribution is 2.25. The van der Waals surface area contributed by atoms with Gasteiger partial charge in [-0.05, 0) is 36.6 Å². The Labute approximate surface area is 177 Å². The molecule has 1 fully saturated rings. The van der Waals surface area contributed by atoms with E-state index in [4.69, 9.17) is 0 Å². The van der Waals surface area contributed by atoms with Crippen molar-refractivity contribution < 1.29 is 9.59 Å². The van der Waals surface area contributed by atoms with Crippen molar-refractivity contribution in [2.24, 2.45) is 0 Å². The molecule has 4 nitrogen and oxygen atoms in total. The number of carbonyl (C=O) groups excluding carboxylic acids is 2. The molecule has 0 saturated carbocycles. The minimum Gasteiger partial charge on any atom is -0.371 e. The van der Waals surface area contributed by atoms with E-state index in [2.05, 4.69) is 23.1 Å². The molecule has 0 unspecified atom stereocenters. The molecule has 0 atom stereocenters. The Balaban J connectivity index is 1.46. The molecular formula is C26H26N2O2. The van der Waals surface area contributed by atoms with Gasteiger partial charge in [0.05, 0.1) is 0 Å². The molecule has 1 saturated heterocycles. The van der Waals surface area contributed by atoms with Crippen LogP contribution in [0.25, 0.3) is 0 Å². The van der Waals surface area contributed by atoms with Gasteiger partial charge in [0.15, 0.2) is 5.78 Å². The molecule has 0 aliphatic carbocycles. The van der Waals surface area contributed by atoms with Crippen LogP contribution in [-0.2, 0) is 6.54 Å². The van der Waals surface area contributed by atoms with Crippen LogP contribution < -0.4 is 4.90 Å². The van der Waals surface area contributed by atoms with E-state index >= 15 is 0 Å². The highest BCUT2D eigenvalue weighted by molar-refractivity contribution is 6.09. The van der Waals surface area contributed by atoms with Crippen molar-refractivity contribution in [1.82, 2.24) is 4.90 Å². The van der Waals surface area contributed by atoms with Gasteiger partial charge in [-0.2, -0.15) is 0 Å². The maximum Gasteiger partial charge on any atom is 0.253 e. The Morgan fingerprint density at radius 3 is 2.03 bits per heavy atom. The first-order valence-corrected chi connectivity index (χ1v) is 10.4. The van der Waals surface area contributed by atoms with Gasteiger partial charge in [-0.15, -0.1) is 0 Å². The van der Waals surface area contributed by atoms with Crippen molar-refractivity contribution in [3.05, 3.63) is 101 Å². The molecule has 0 radical (unpaired) electrons. The Kier molecular flexibility index (Phi) is 5.94. The molecule has 1 amide bonds. The summed E-state index contributed by atoms with van der Waals surface area (Å²) in [5, 5.41) is 0. The number of carbonyl (C=O) groups is 2. The van der Waals surface area contributed by atoms with Gasteiger partial charge in [-0.3, -0.25) is 9.59 Å². The summed E-state index contributed by atoms with van der Waals surface area (Å²) in [6.07, 6.45) is 2.44. The molecule has 4 heteroatoms. The SMILES string of the molecule is CN(Cc1ccccc1N1CCCC1)C(=O)c1ccc(C(=O)c2ccccc2)cc1. The normalized spacial score (nSPS) is 13.3. The van der Waals surface area contributed by atoms with Crippen LogP contribution in [-0.4, -0.2) is 36.7 Å². The number of nitrogens with zero attached hydrogens (tertiary/aromatic N) is 2. The van der Waals surface area contributed by atoms with E-state index in [9.17, 15) is 9.59 Å². The largest absolute Gasteiger partial charge is 0.371 e. The third-order valence-electron chi connectivity index (χ3n) is 5.62. The number of rotatable bonds is 6. The zero-order chi connectivity index (χ0) is 20.9. The quantitative estimate of drug-likeness (QED) is 0.561. The van der Waals surface area contributed by atoms with Crippen molar-refractivity contribution in [3.63, 3.8) is 0 Å². The lowest BCUT2D eigenvalue weighted by molar-refractivity contribution is 0.0785. The van der Waals surface area contributed by atoms with Crippen LogP contribution >= 0.6 is 0 Å². The Morgan fingerprint density at radius 1 is 0.767 bits per heavy atom. The Bertz CT molecular complexity index is 1020. The van der Waals surface area contributed by atoms with Crippen LogP contribution in [0.3, 0.4) is 0 Å². The molecule has 1 heterocycles. The fraction of sp³-hybridized carbons (Fsp3) is 0.231. The molecule has 1 aliphatic rings. The standard InChI is InChI=1S/C26H26N2O2/c1-27(19-23-11-5-6-12-24(23)28-17-7-8-18-28)26(30)22-15-13-21(14-16-22)25(29)20-9-3-2-4-10-20/h2-6,9-16H,7-8,17-19H2,1H3. The van der Waals surface area contributed by atoms with Gasteiger partial charge in [0.2, 0.25) is 0 Å². The van der Waals surface area contributed by atoms with Crippen LogP contribution in [0.4, 0.5) is 5.69 Å². The lowest BCUT2D eigenvalue weighted by Crippen LogP contribution is -2.28. The van der Waals surface area contributed by atoms with Crippen molar-refractivity contribution in [3.8, 4) is 0 Å². The predicted octanol–water partition coefficient (Wildman–Crippen LogP) is 4.79. The number of anilines is 1. The summed E-state index contributed by atoms with van der Waals surface area (Å²) >= 11 is 0. The second-order valence-corrected chi connectivity index (χ2v) is 7.76. The van der Waals surface area contributed by atoms with Gasteiger partial charge in [0.25, 0.3) is 5.91 Å². The summed E-state index contributed by atoms with van der Waals surface area (Å²) < 4.78 is 0. The molecule has 30 heavy (non-hydrogen) atoms. The number of benzene rings is 3. The average molecular weight is 399 g/mol. The highest BCUT2D eigenvalue weighted by atomic mass is 16.2. The lowest BCUT2D eigenvalue weighted by Gasteiger charge is -2.24. The summed E-state index contributed by atoms with van der Waals surface area (Å²) in [4.78, 5) is 29.7. The molecule has 1 aliphatic heterocycles. The third-order valence-corrected chi connectivity index (χ3v) is 5.62. The number of amides is 1. The van der Waals surface area contributed by atoms with Crippen molar-refractivity contribution in [1.29, 1.82) is 0 Å². The zero-order valence-corrected chi connectivity index (χ0v) is 17.3. The molecule has 0 spiro atoms. The summed E-state index contributed by atoms with van der Waals surface area (Å²) in [5.74, 6) is -0.0903. The van der Waals surface area contributed by atoms with Gasteiger partial charge in [-0.1, -0.05) is 60.7 Å². The Morgan fingerprint density at radius 2 is 1.33 bits per heavy atom. The highest BCUT2D eigenvalue weighted by Gasteiger charge is 2.19. The Hall–Kier alpha value is -3.40. The van der Waals surface area contributed by atoms with E-state index in [0.29, 0.717) is 23.2 Å². The lowest BCUT2D eigenvalue weighted by atomic mass is 10.0. The maximum atomic E-state index is 13.0. The monoisotopic (exact) mass is 398 g/mol. The van der Waals surface area contributed by atoms with Crippen LogP contribution in [0.1, 0.15) is 44.7 Å². The van der Waals surface area contributed by atoms with Crippen LogP contribution in [0.5, 0.6) is 0 Å². The minimum absolute atomic E-state index is 0.0394. The molecule has 3 aromatic rings. The molecular weight excluding hydrogens is 372 g/mol. The number of ketones is 1. The molecule has 0 aromatic heterocycles. The van der Waals surface area contributed by atoms with E-state index in [1.54, 1.807) is 41.3 Å². The first-order chi connectivity index (χ1) is 14.6. The van der Waals surface area contributed by atoms with Gasteiger partial charge < -0.3 is 9.80 Å². The second kappa shape index (κ2) is 8.95. The molecule has 0 bridgehead atoms. The summed E-state index contributed by atoms with van der Waals surface area (Å²) in [5.41, 5.74) is 4.19. The first-order valence-electron chi connectivity index (χ1n) is 10.4. The molecule has 0 N–H and O–H groups in total. The van der Waals surface area contributed by atoms with Crippen molar-refractivity contribution in [2.75, 3.05) is 25.0 Å². The van der Waals surface area contributed by atoms with Gasteiger partial charge in [0, 0.05) is 49.1 Å². The predicted molar refractivity (Wildman–Crippen MR) is 120 cm³/mol. The smallest absolute Gasteiger partial charge is 0.253 e. The number of para-hydroxylation sites is 1. The number of hydrogen-bond acceptors (Lipinski definition) is 3. The van der Waals surface area contributed by atoms with Crippen LogP contribution in [0.15, 0.2) is 78.9 Å².